The Bertz CT molecular complexity index is 688. The first-order valence-electron chi connectivity index (χ1n) is 5.93. The fraction of sp³-hybridized carbons (Fsp3) is 0.0714. The van der Waals surface area contributed by atoms with Gasteiger partial charge in [-0.25, -0.2) is 9.37 Å². The SMILES string of the molecule is C=C/C=C\N=CCNC(=O)c1ncc(F)c2cc[nH]c12. The van der Waals surface area contributed by atoms with Crippen molar-refractivity contribution in [2.24, 2.45) is 4.99 Å². The Morgan fingerprint density at radius 3 is 3.25 bits per heavy atom. The molecule has 2 heterocycles. The second-order valence-corrected chi connectivity index (χ2v) is 3.84. The molecular weight excluding hydrogens is 259 g/mol. The maximum Gasteiger partial charge on any atom is 0.272 e. The number of fused-ring (bicyclic) bond motifs is 1. The minimum atomic E-state index is -0.464. The second kappa shape index (κ2) is 6.42. The lowest BCUT2D eigenvalue weighted by molar-refractivity contribution is 0.0956. The van der Waals surface area contributed by atoms with Crippen LogP contribution in [0.1, 0.15) is 10.5 Å². The minimum Gasteiger partial charge on any atom is -0.359 e. The number of amides is 1. The number of carbonyl (C=O) groups excluding carboxylic acids is 1. The Kier molecular flexibility index (Phi) is 4.39. The zero-order chi connectivity index (χ0) is 14.4. The number of halogens is 1. The number of aromatic nitrogens is 2. The predicted molar refractivity (Wildman–Crippen MR) is 76.2 cm³/mol. The molecule has 0 spiro atoms. The molecule has 0 fully saturated rings. The van der Waals surface area contributed by atoms with Gasteiger partial charge in [0.1, 0.15) is 0 Å². The third-order valence-corrected chi connectivity index (χ3v) is 2.53. The number of aromatic amines is 1. The van der Waals surface area contributed by atoms with E-state index in [2.05, 4.69) is 26.9 Å². The standard InChI is InChI=1S/C14H13FN4O/c1-2-3-5-16-7-8-18-14(20)13-12-10(4-6-17-12)11(15)9-19-13/h2-7,9,17H,1,8H2,(H,18,20)/b5-3-,16-7?. The van der Waals surface area contributed by atoms with E-state index in [0.717, 1.165) is 6.20 Å². The molecule has 20 heavy (non-hydrogen) atoms. The number of nitrogens with zero attached hydrogens (tertiary/aromatic N) is 2. The molecule has 0 unspecified atom stereocenters. The summed E-state index contributed by atoms with van der Waals surface area (Å²) in [6.45, 7) is 3.76. The molecule has 0 aliphatic carbocycles. The summed E-state index contributed by atoms with van der Waals surface area (Å²) >= 11 is 0. The molecule has 102 valence electrons. The lowest BCUT2D eigenvalue weighted by atomic mass is 10.2. The number of allylic oxidation sites excluding steroid dienone is 2. The Balaban J connectivity index is 2.06. The van der Waals surface area contributed by atoms with Gasteiger partial charge in [-0.3, -0.25) is 9.79 Å². The third-order valence-electron chi connectivity index (χ3n) is 2.53. The molecule has 2 rings (SSSR count). The molecule has 0 aromatic carbocycles. The molecule has 1 amide bonds. The number of hydrogen-bond acceptors (Lipinski definition) is 3. The normalized spacial score (nSPS) is 11.4. The van der Waals surface area contributed by atoms with Gasteiger partial charge in [0, 0.05) is 24.0 Å². The summed E-state index contributed by atoms with van der Waals surface area (Å²) in [5.74, 6) is -0.856. The molecule has 0 aliphatic rings. The second-order valence-electron chi connectivity index (χ2n) is 3.84. The topological polar surface area (TPSA) is 70.1 Å². The van der Waals surface area contributed by atoms with Gasteiger partial charge in [-0.05, 0) is 12.1 Å². The number of nitrogens with one attached hydrogen (secondary N) is 2. The van der Waals surface area contributed by atoms with Crippen LogP contribution in [-0.4, -0.2) is 28.6 Å². The van der Waals surface area contributed by atoms with Gasteiger partial charge in [0.25, 0.3) is 5.91 Å². The average molecular weight is 272 g/mol. The summed E-state index contributed by atoms with van der Waals surface area (Å²) in [4.78, 5) is 22.5. The monoisotopic (exact) mass is 272 g/mol. The molecule has 5 nitrogen and oxygen atoms in total. The van der Waals surface area contributed by atoms with E-state index in [4.69, 9.17) is 0 Å². The quantitative estimate of drug-likeness (QED) is 0.647. The molecule has 6 heteroatoms. The van der Waals surface area contributed by atoms with Gasteiger partial charge in [-0.1, -0.05) is 12.7 Å². The van der Waals surface area contributed by atoms with E-state index in [1.165, 1.54) is 6.21 Å². The summed E-state index contributed by atoms with van der Waals surface area (Å²) in [6.07, 6.45) is 8.95. The maximum absolute atomic E-state index is 13.4. The predicted octanol–water partition coefficient (Wildman–Crippen LogP) is 2.20. The number of H-pyrrole nitrogens is 1. The van der Waals surface area contributed by atoms with Gasteiger partial charge >= 0.3 is 0 Å². The number of aliphatic imine (C=N–C) groups is 1. The van der Waals surface area contributed by atoms with Crippen molar-refractivity contribution in [2.45, 2.75) is 0 Å². The molecule has 0 saturated carbocycles. The molecule has 2 N–H and O–H groups in total. The molecule has 0 radical (unpaired) electrons. The zero-order valence-corrected chi connectivity index (χ0v) is 10.6. The minimum absolute atomic E-state index is 0.154. The van der Waals surface area contributed by atoms with E-state index in [0.29, 0.717) is 10.9 Å². The van der Waals surface area contributed by atoms with Crippen LogP contribution in [-0.2, 0) is 0 Å². The number of rotatable bonds is 5. The molecule has 0 aliphatic heterocycles. The van der Waals surface area contributed by atoms with Gasteiger partial charge in [0.2, 0.25) is 0 Å². The van der Waals surface area contributed by atoms with Crippen molar-refractivity contribution >= 4 is 23.0 Å². The Labute approximate surface area is 114 Å². The first-order chi connectivity index (χ1) is 9.74. The van der Waals surface area contributed by atoms with E-state index in [9.17, 15) is 9.18 Å². The number of hydrogen-bond donors (Lipinski definition) is 2. The highest BCUT2D eigenvalue weighted by molar-refractivity contribution is 6.04. The van der Waals surface area contributed by atoms with Crippen molar-refractivity contribution in [1.29, 1.82) is 0 Å². The van der Waals surface area contributed by atoms with E-state index < -0.39 is 11.7 Å². The van der Waals surface area contributed by atoms with Crippen LogP contribution in [0.2, 0.25) is 0 Å². The van der Waals surface area contributed by atoms with Crippen molar-refractivity contribution in [3.63, 3.8) is 0 Å². The van der Waals surface area contributed by atoms with Gasteiger partial charge < -0.3 is 10.3 Å². The maximum atomic E-state index is 13.4. The molecule has 0 atom stereocenters. The van der Waals surface area contributed by atoms with E-state index in [1.807, 2.05) is 0 Å². The highest BCUT2D eigenvalue weighted by atomic mass is 19.1. The third kappa shape index (κ3) is 2.97. The highest BCUT2D eigenvalue weighted by Gasteiger charge is 2.14. The molecular formula is C14H13FN4O. The van der Waals surface area contributed by atoms with Gasteiger partial charge in [-0.2, -0.15) is 0 Å². The van der Waals surface area contributed by atoms with Crippen LogP contribution >= 0.6 is 0 Å². The van der Waals surface area contributed by atoms with Crippen LogP contribution in [0.5, 0.6) is 0 Å². The van der Waals surface area contributed by atoms with Crippen LogP contribution < -0.4 is 5.32 Å². The van der Waals surface area contributed by atoms with Crippen LogP contribution in [0.3, 0.4) is 0 Å². The summed E-state index contributed by atoms with van der Waals surface area (Å²) in [7, 11) is 0. The Morgan fingerprint density at radius 1 is 1.60 bits per heavy atom. The van der Waals surface area contributed by atoms with Crippen molar-refractivity contribution in [1.82, 2.24) is 15.3 Å². The first kappa shape index (κ1) is 13.7. The van der Waals surface area contributed by atoms with Gasteiger partial charge in [-0.15, -0.1) is 0 Å². The van der Waals surface area contributed by atoms with Crippen molar-refractivity contribution in [2.75, 3.05) is 6.54 Å². The lowest BCUT2D eigenvalue weighted by Crippen LogP contribution is -2.26. The fourth-order valence-corrected chi connectivity index (χ4v) is 1.64. The number of pyridine rings is 1. The van der Waals surface area contributed by atoms with Crippen molar-refractivity contribution in [3.8, 4) is 0 Å². The zero-order valence-electron chi connectivity index (χ0n) is 10.6. The lowest BCUT2D eigenvalue weighted by Gasteiger charge is -2.03. The molecule has 2 aromatic heterocycles. The van der Waals surface area contributed by atoms with Crippen LogP contribution in [0.25, 0.3) is 10.9 Å². The first-order valence-corrected chi connectivity index (χ1v) is 5.93. The van der Waals surface area contributed by atoms with Gasteiger partial charge in [0.05, 0.1) is 18.3 Å². The molecule has 0 saturated heterocycles. The molecule has 2 aromatic rings. The van der Waals surface area contributed by atoms with Gasteiger partial charge in [0.15, 0.2) is 11.5 Å². The molecule has 0 bridgehead atoms. The van der Waals surface area contributed by atoms with Crippen LogP contribution in [0, 0.1) is 5.82 Å². The van der Waals surface area contributed by atoms with Crippen molar-refractivity contribution < 1.29 is 9.18 Å². The van der Waals surface area contributed by atoms with E-state index >= 15 is 0 Å². The summed E-state index contributed by atoms with van der Waals surface area (Å²) < 4.78 is 13.4. The average Bonchev–Trinajstić information content (AvgIpc) is 2.93. The smallest absolute Gasteiger partial charge is 0.272 e. The van der Waals surface area contributed by atoms with Crippen LogP contribution in [0.4, 0.5) is 4.39 Å². The summed E-state index contributed by atoms with van der Waals surface area (Å²) in [5, 5.41) is 2.96. The fourth-order valence-electron chi connectivity index (χ4n) is 1.64. The van der Waals surface area contributed by atoms with Crippen molar-refractivity contribution in [3.05, 3.63) is 54.9 Å². The number of carbonyl (C=O) groups is 1. The summed E-state index contributed by atoms with van der Waals surface area (Å²) in [6, 6.07) is 1.56. The highest BCUT2D eigenvalue weighted by Crippen LogP contribution is 2.18. The largest absolute Gasteiger partial charge is 0.359 e. The van der Waals surface area contributed by atoms with Crippen LogP contribution in [0.15, 0.2) is 48.4 Å². The summed E-state index contributed by atoms with van der Waals surface area (Å²) in [5.41, 5.74) is 0.535. The Morgan fingerprint density at radius 2 is 2.45 bits per heavy atom. The Hall–Kier alpha value is -2.76. The van der Waals surface area contributed by atoms with E-state index in [-0.39, 0.29) is 12.2 Å². The van der Waals surface area contributed by atoms with E-state index in [1.54, 1.807) is 30.6 Å².